The van der Waals surface area contributed by atoms with E-state index in [1.165, 1.54) is 23.1 Å². The predicted octanol–water partition coefficient (Wildman–Crippen LogP) is 3.82. The van der Waals surface area contributed by atoms with Gasteiger partial charge in [0.2, 0.25) is 0 Å². The van der Waals surface area contributed by atoms with E-state index in [4.69, 9.17) is 0 Å². The number of hydrogen-bond acceptors (Lipinski definition) is 2. The highest BCUT2D eigenvalue weighted by atomic mass is 15.1. The lowest BCUT2D eigenvalue weighted by molar-refractivity contribution is 0.318. The zero-order valence-corrected chi connectivity index (χ0v) is 13.2. The van der Waals surface area contributed by atoms with Crippen molar-refractivity contribution in [3.63, 3.8) is 0 Å². The highest BCUT2D eigenvalue weighted by Gasteiger charge is 2.05. The van der Waals surface area contributed by atoms with Crippen molar-refractivity contribution in [2.45, 2.75) is 33.0 Å². The van der Waals surface area contributed by atoms with Gasteiger partial charge in [-0.2, -0.15) is 0 Å². The van der Waals surface area contributed by atoms with Crippen LogP contribution in [0.1, 0.15) is 30.0 Å². The number of nitrogens with zero attached hydrogens (tertiary/aromatic N) is 1. The van der Waals surface area contributed by atoms with Crippen molar-refractivity contribution in [3.8, 4) is 0 Å². The first kappa shape index (κ1) is 15.7. The second-order valence-electron chi connectivity index (χ2n) is 5.60. The highest BCUT2D eigenvalue weighted by molar-refractivity contribution is 5.27. The first-order chi connectivity index (χ1) is 10.3. The fourth-order valence-electron chi connectivity index (χ4n) is 2.53. The topological polar surface area (TPSA) is 15.3 Å². The fourth-order valence-corrected chi connectivity index (χ4v) is 2.53. The minimum atomic E-state index is 0.961. The summed E-state index contributed by atoms with van der Waals surface area (Å²) in [4.78, 5) is 2.37. The van der Waals surface area contributed by atoms with Gasteiger partial charge in [-0.15, -0.1) is 0 Å². The molecule has 0 radical (unpaired) electrons. The molecule has 2 aromatic rings. The number of nitrogens with one attached hydrogen (secondary N) is 1. The fraction of sp³-hybridized carbons (Fsp3) is 0.368. The summed E-state index contributed by atoms with van der Waals surface area (Å²) < 4.78 is 0. The van der Waals surface area contributed by atoms with Gasteiger partial charge in [0, 0.05) is 19.6 Å². The van der Waals surface area contributed by atoms with Crippen LogP contribution < -0.4 is 5.32 Å². The quantitative estimate of drug-likeness (QED) is 0.741. The lowest BCUT2D eigenvalue weighted by Crippen LogP contribution is -2.20. The third-order valence-electron chi connectivity index (χ3n) is 3.60. The molecule has 0 spiro atoms. The summed E-state index contributed by atoms with van der Waals surface area (Å²) >= 11 is 0. The monoisotopic (exact) mass is 282 g/mol. The molecule has 1 N–H and O–H groups in total. The van der Waals surface area contributed by atoms with E-state index in [9.17, 15) is 0 Å². The van der Waals surface area contributed by atoms with Crippen molar-refractivity contribution in [2.75, 3.05) is 13.6 Å². The van der Waals surface area contributed by atoms with E-state index >= 15 is 0 Å². The Labute approximate surface area is 128 Å². The summed E-state index contributed by atoms with van der Waals surface area (Å²) in [6, 6.07) is 19.4. The van der Waals surface area contributed by atoms with Crippen molar-refractivity contribution in [3.05, 3.63) is 71.3 Å². The molecule has 2 nitrogen and oxygen atoms in total. The summed E-state index contributed by atoms with van der Waals surface area (Å²) in [5, 5.41) is 3.50. The zero-order chi connectivity index (χ0) is 14.9. The summed E-state index contributed by atoms with van der Waals surface area (Å²) in [6.45, 7) is 6.21. The molecule has 21 heavy (non-hydrogen) atoms. The lowest BCUT2D eigenvalue weighted by Gasteiger charge is -2.19. The van der Waals surface area contributed by atoms with Gasteiger partial charge in [-0.1, -0.05) is 61.5 Å². The highest BCUT2D eigenvalue weighted by Crippen LogP contribution is 2.13. The Bertz CT molecular complexity index is 522. The average molecular weight is 282 g/mol. The molecule has 0 fully saturated rings. The Morgan fingerprint density at radius 3 is 2.24 bits per heavy atom. The molecule has 0 aliphatic heterocycles. The third-order valence-corrected chi connectivity index (χ3v) is 3.60. The molecule has 2 aromatic carbocycles. The molecule has 0 aromatic heterocycles. The molecule has 2 rings (SSSR count). The van der Waals surface area contributed by atoms with Gasteiger partial charge in [0.15, 0.2) is 0 Å². The molecule has 0 saturated heterocycles. The maximum atomic E-state index is 3.50. The molecular formula is C19H26N2. The van der Waals surface area contributed by atoms with Gasteiger partial charge in [0.1, 0.15) is 0 Å². The first-order valence-electron chi connectivity index (χ1n) is 7.79. The number of benzene rings is 2. The summed E-state index contributed by atoms with van der Waals surface area (Å²) in [5.41, 5.74) is 4.19. The van der Waals surface area contributed by atoms with Gasteiger partial charge in [0.25, 0.3) is 0 Å². The molecule has 0 bridgehead atoms. The van der Waals surface area contributed by atoms with Crippen LogP contribution in [-0.2, 0) is 19.6 Å². The smallest absolute Gasteiger partial charge is 0.0237 e. The lowest BCUT2D eigenvalue weighted by atomic mass is 10.1. The molecule has 0 heterocycles. The van der Waals surface area contributed by atoms with Crippen molar-refractivity contribution < 1.29 is 0 Å². The van der Waals surface area contributed by atoms with Crippen LogP contribution in [0.25, 0.3) is 0 Å². The van der Waals surface area contributed by atoms with Crippen LogP contribution in [0.2, 0.25) is 0 Å². The van der Waals surface area contributed by atoms with Gasteiger partial charge < -0.3 is 5.32 Å². The summed E-state index contributed by atoms with van der Waals surface area (Å²) in [6.07, 6.45) is 1.18. The average Bonchev–Trinajstić information content (AvgIpc) is 2.50. The normalized spacial score (nSPS) is 11.0. The van der Waals surface area contributed by atoms with E-state index in [0.717, 1.165) is 26.2 Å². The molecule has 0 atom stereocenters. The van der Waals surface area contributed by atoms with Crippen LogP contribution in [-0.4, -0.2) is 18.5 Å². The second kappa shape index (κ2) is 8.60. The molecule has 0 aliphatic rings. The number of rotatable bonds is 8. The Morgan fingerprint density at radius 2 is 1.52 bits per heavy atom. The van der Waals surface area contributed by atoms with Gasteiger partial charge in [-0.05, 0) is 36.7 Å². The van der Waals surface area contributed by atoms with E-state index in [0.29, 0.717) is 0 Å². The largest absolute Gasteiger partial charge is 0.313 e. The summed E-state index contributed by atoms with van der Waals surface area (Å²) in [7, 11) is 2.18. The Hall–Kier alpha value is -1.64. The van der Waals surface area contributed by atoms with E-state index in [1.807, 2.05) is 0 Å². The van der Waals surface area contributed by atoms with Crippen molar-refractivity contribution >= 4 is 0 Å². The summed E-state index contributed by atoms with van der Waals surface area (Å²) in [5.74, 6) is 0. The maximum Gasteiger partial charge on any atom is 0.0237 e. The van der Waals surface area contributed by atoms with Crippen LogP contribution in [0.15, 0.2) is 54.6 Å². The van der Waals surface area contributed by atoms with E-state index in [-0.39, 0.29) is 0 Å². The van der Waals surface area contributed by atoms with Gasteiger partial charge in [-0.3, -0.25) is 4.90 Å². The SMILES string of the molecule is CCCNCc1ccccc1CN(C)Cc1ccccc1. The van der Waals surface area contributed by atoms with Gasteiger partial charge in [-0.25, -0.2) is 0 Å². The Morgan fingerprint density at radius 1 is 0.857 bits per heavy atom. The van der Waals surface area contributed by atoms with Crippen LogP contribution in [0.4, 0.5) is 0 Å². The van der Waals surface area contributed by atoms with E-state index in [1.54, 1.807) is 0 Å². The van der Waals surface area contributed by atoms with Gasteiger partial charge >= 0.3 is 0 Å². The third kappa shape index (κ3) is 5.33. The first-order valence-corrected chi connectivity index (χ1v) is 7.79. The van der Waals surface area contributed by atoms with Crippen molar-refractivity contribution in [1.29, 1.82) is 0 Å². The molecule has 0 unspecified atom stereocenters. The Kier molecular flexibility index (Phi) is 6.45. The van der Waals surface area contributed by atoms with Crippen LogP contribution in [0.3, 0.4) is 0 Å². The minimum Gasteiger partial charge on any atom is -0.313 e. The Balaban J connectivity index is 1.95. The van der Waals surface area contributed by atoms with Crippen molar-refractivity contribution in [1.82, 2.24) is 10.2 Å². The molecule has 0 saturated carbocycles. The van der Waals surface area contributed by atoms with Gasteiger partial charge in [0.05, 0.1) is 0 Å². The molecule has 2 heteroatoms. The standard InChI is InChI=1S/C19H26N2/c1-3-13-20-14-18-11-7-8-12-19(18)16-21(2)15-17-9-5-4-6-10-17/h4-12,20H,3,13-16H2,1-2H3. The second-order valence-corrected chi connectivity index (χ2v) is 5.60. The maximum absolute atomic E-state index is 3.50. The van der Waals surface area contributed by atoms with E-state index < -0.39 is 0 Å². The predicted molar refractivity (Wildman–Crippen MR) is 90.1 cm³/mol. The van der Waals surface area contributed by atoms with Crippen LogP contribution in [0, 0.1) is 0 Å². The zero-order valence-electron chi connectivity index (χ0n) is 13.2. The molecule has 0 aliphatic carbocycles. The van der Waals surface area contributed by atoms with E-state index in [2.05, 4.69) is 78.8 Å². The van der Waals surface area contributed by atoms with Crippen molar-refractivity contribution in [2.24, 2.45) is 0 Å². The molecule has 0 amide bonds. The molecular weight excluding hydrogens is 256 g/mol. The molecule has 112 valence electrons. The minimum absolute atomic E-state index is 0.961. The van der Waals surface area contributed by atoms with Crippen LogP contribution in [0.5, 0.6) is 0 Å². The number of hydrogen-bond donors (Lipinski definition) is 1. The van der Waals surface area contributed by atoms with Crippen LogP contribution >= 0.6 is 0 Å².